The van der Waals surface area contributed by atoms with Crippen molar-refractivity contribution in [2.45, 2.75) is 49.4 Å². The highest BCUT2D eigenvalue weighted by Crippen LogP contribution is 2.47. The Morgan fingerprint density at radius 1 is 0.939 bits per heavy atom. The van der Waals surface area contributed by atoms with Crippen LogP contribution in [-0.4, -0.2) is 90.2 Å². The van der Waals surface area contributed by atoms with E-state index in [1.54, 1.807) is 41.3 Å². The van der Waals surface area contributed by atoms with E-state index in [4.69, 9.17) is 24.1 Å². The number of fused-ring (bicyclic) bond motifs is 1. The number of benzene rings is 3. The van der Waals surface area contributed by atoms with Crippen LogP contribution < -0.4 is 5.32 Å². The first-order chi connectivity index (χ1) is 23.9. The van der Waals surface area contributed by atoms with Gasteiger partial charge in [0.1, 0.15) is 31.0 Å². The average Bonchev–Trinajstić information content (AvgIpc) is 3.80. The van der Waals surface area contributed by atoms with Gasteiger partial charge in [0.2, 0.25) is 17.6 Å². The van der Waals surface area contributed by atoms with Gasteiger partial charge in [-0.2, -0.15) is 0 Å². The van der Waals surface area contributed by atoms with E-state index < -0.39 is 36.1 Å². The first-order valence-electron chi connectivity index (χ1n) is 16.5. The van der Waals surface area contributed by atoms with Crippen molar-refractivity contribution in [3.63, 3.8) is 0 Å². The molecule has 49 heavy (non-hydrogen) atoms. The zero-order valence-corrected chi connectivity index (χ0v) is 27.0. The summed E-state index contributed by atoms with van der Waals surface area (Å²) in [5, 5.41) is 20.8. The fraction of sp³-hybridized carbons (Fsp3) is 0.342. The van der Waals surface area contributed by atoms with E-state index in [1.807, 2.05) is 60.7 Å². The number of esters is 1. The molecule has 3 aromatic carbocycles. The summed E-state index contributed by atoms with van der Waals surface area (Å²) >= 11 is 0. The summed E-state index contributed by atoms with van der Waals surface area (Å²) in [6, 6.07) is 25.1. The second-order valence-electron chi connectivity index (χ2n) is 12.0. The molecule has 3 N–H and O–H groups in total. The fourth-order valence-corrected chi connectivity index (χ4v) is 6.57. The van der Waals surface area contributed by atoms with Gasteiger partial charge in [-0.1, -0.05) is 72.8 Å². The lowest BCUT2D eigenvalue weighted by molar-refractivity contribution is -0.157. The van der Waals surface area contributed by atoms with E-state index in [0.29, 0.717) is 36.1 Å². The maximum Gasteiger partial charge on any atom is 0.338 e. The molecule has 2 amide bonds. The van der Waals surface area contributed by atoms with Crippen LogP contribution in [0.2, 0.25) is 0 Å². The van der Waals surface area contributed by atoms with Crippen molar-refractivity contribution in [1.82, 2.24) is 10.2 Å². The van der Waals surface area contributed by atoms with Gasteiger partial charge in [-0.25, -0.2) is 4.79 Å². The van der Waals surface area contributed by atoms with E-state index in [9.17, 15) is 19.5 Å². The number of hydrogen-bond acceptors (Lipinski definition) is 9. The van der Waals surface area contributed by atoms with Crippen LogP contribution in [0, 0.1) is 0 Å². The number of amides is 2. The van der Waals surface area contributed by atoms with Crippen molar-refractivity contribution < 1.29 is 43.5 Å². The molecule has 0 saturated carbocycles. The SMILES string of the molecule is O=C(OC1CC(C(=O)N2CCCC2C(=O)NCCO)=CC2OC(c3ccccc3)(c3ccccc3)OC21)c1cccc(C=COCCO)c1. The van der Waals surface area contributed by atoms with Crippen LogP contribution in [0.5, 0.6) is 0 Å². The Morgan fingerprint density at radius 3 is 2.37 bits per heavy atom. The third-order valence-electron chi connectivity index (χ3n) is 8.84. The Bertz CT molecular complexity index is 1640. The summed E-state index contributed by atoms with van der Waals surface area (Å²) in [7, 11) is 0. The molecule has 2 aliphatic heterocycles. The predicted octanol–water partition coefficient (Wildman–Crippen LogP) is 3.31. The van der Waals surface area contributed by atoms with Gasteiger partial charge in [-0.15, -0.1) is 0 Å². The van der Waals surface area contributed by atoms with Gasteiger partial charge in [-0.05, 0) is 42.7 Å². The second-order valence-corrected chi connectivity index (χ2v) is 12.0. The van der Waals surface area contributed by atoms with Crippen molar-refractivity contribution in [2.24, 2.45) is 0 Å². The smallest absolute Gasteiger partial charge is 0.338 e. The molecule has 2 heterocycles. The number of ether oxygens (including phenoxy) is 4. The normalized spacial score (nSPS) is 22.7. The van der Waals surface area contributed by atoms with Crippen molar-refractivity contribution in [1.29, 1.82) is 0 Å². The van der Waals surface area contributed by atoms with Crippen molar-refractivity contribution in [3.05, 3.63) is 125 Å². The number of nitrogens with one attached hydrogen (secondary N) is 1. The maximum atomic E-state index is 14.1. The number of aliphatic hydroxyl groups excluding tert-OH is 2. The summed E-state index contributed by atoms with van der Waals surface area (Å²) in [6.07, 6.45) is 3.62. The highest BCUT2D eigenvalue weighted by Gasteiger charge is 2.55. The van der Waals surface area contributed by atoms with Gasteiger partial charge >= 0.3 is 5.97 Å². The Balaban J connectivity index is 1.33. The molecule has 2 fully saturated rings. The Labute approximate surface area is 284 Å². The van der Waals surface area contributed by atoms with E-state index in [0.717, 1.165) is 11.1 Å². The number of aliphatic hydroxyl groups is 2. The molecule has 11 heteroatoms. The minimum Gasteiger partial charge on any atom is -0.499 e. The number of hydrogen-bond donors (Lipinski definition) is 3. The van der Waals surface area contributed by atoms with Crippen LogP contribution in [0.25, 0.3) is 6.08 Å². The number of carbonyl (C=O) groups is 3. The molecule has 3 aliphatic rings. The van der Waals surface area contributed by atoms with E-state index in [2.05, 4.69) is 5.32 Å². The molecule has 0 bridgehead atoms. The monoisotopic (exact) mass is 668 g/mol. The van der Waals surface area contributed by atoms with Crippen molar-refractivity contribution in [2.75, 3.05) is 32.9 Å². The minimum atomic E-state index is -1.35. The molecule has 6 rings (SSSR count). The lowest BCUT2D eigenvalue weighted by atomic mass is 9.91. The third kappa shape index (κ3) is 7.45. The molecule has 3 aromatic rings. The molecule has 11 nitrogen and oxygen atoms in total. The Kier molecular flexibility index (Phi) is 10.8. The number of carbonyl (C=O) groups excluding carboxylic acids is 3. The summed E-state index contributed by atoms with van der Waals surface area (Å²) in [6.45, 7) is 0.324. The van der Waals surface area contributed by atoms with Crippen LogP contribution in [0.4, 0.5) is 0 Å². The van der Waals surface area contributed by atoms with E-state index in [-0.39, 0.29) is 44.6 Å². The molecule has 256 valence electrons. The highest BCUT2D eigenvalue weighted by atomic mass is 16.8. The second kappa shape index (κ2) is 15.6. The average molecular weight is 669 g/mol. The zero-order chi connectivity index (χ0) is 34.2. The van der Waals surface area contributed by atoms with E-state index in [1.165, 1.54) is 6.26 Å². The van der Waals surface area contributed by atoms with Crippen LogP contribution in [0.1, 0.15) is 46.3 Å². The molecule has 0 aromatic heterocycles. The quantitative estimate of drug-likeness (QED) is 0.151. The third-order valence-corrected chi connectivity index (χ3v) is 8.84. The van der Waals surface area contributed by atoms with Gasteiger partial charge in [0.25, 0.3) is 0 Å². The summed E-state index contributed by atoms with van der Waals surface area (Å²) in [4.78, 5) is 42.3. The summed E-state index contributed by atoms with van der Waals surface area (Å²) in [5.74, 6) is -2.61. The fourth-order valence-electron chi connectivity index (χ4n) is 6.57. The number of nitrogens with zero attached hydrogens (tertiary/aromatic N) is 1. The maximum absolute atomic E-state index is 14.1. The van der Waals surface area contributed by atoms with Gasteiger partial charge in [0, 0.05) is 36.2 Å². The highest BCUT2D eigenvalue weighted by molar-refractivity contribution is 5.98. The Hall–Kier alpha value is -4.81. The Morgan fingerprint density at radius 2 is 1.67 bits per heavy atom. The van der Waals surface area contributed by atoms with Gasteiger partial charge < -0.3 is 39.4 Å². The number of rotatable bonds is 12. The lowest BCUT2D eigenvalue weighted by Crippen LogP contribution is -2.49. The molecule has 4 unspecified atom stereocenters. The van der Waals surface area contributed by atoms with Crippen LogP contribution >= 0.6 is 0 Å². The zero-order valence-electron chi connectivity index (χ0n) is 27.0. The number of likely N-dealkylation sites (tertiary alicyclic amines) is 1. The topological polar surface area (TPSA) is 144 Å². The molecular weight excluding hydrogens is 628 g/mol. The molecule has 4 atom stereocenters. The first kappa shape index (κ1) is 34.1. The first-order valence-corrected chi connectivity index (χ1v) is 16.5. The van der Waals surface area contributed by atoms with Crippen molar-refractivity contribution >= 4 is 23.9 Å². The molecule has 0 spiro atoms. The molecular formula is C38H40N2O9. The standard InChI is InChI=1S/C38H40N2O9/c41-19-17-39-35(43)31-15-8-18-40(31)36(44)28-24-32(47-37(45)27-10-7-9-26(23-27)16-21-46-22-20-42)34-33(25-28)48-38(49-34,29-11-3-1-4-12-29)30-13-5-2-6-14-30/h1-7,9-14,16,21,23,25,31-34,41-42H,8,15,17-20,22,24H2,(H,39,43). The van der Waals surface area contributed by atoms with Crippen LogP contribution in [0.3, 0.4) is 0 Å². The van der Waals surface area contributed by atoms with Gasteiger partial charge in [0.05, 0.1) is 25.0 Å². The molecule has 0 radical (unpaired) electrons. The summed E-state index contributed by atoms with van der Waals surface area (Å²) in [5.41, 5.74) is 2.82. The predicted molar refractivity (Wildman–Crippen MR) is 179 cm³/mol. The van der Waals surface area contributed by atoms with Gasteiger partial charge in [-0.3, -0.25) is 9.59 Å². The van der Waals surface area contributed by atoms with Crippen LogP contribution in [0.15, 0.2) is 103 Å². The lowest BCUT2D eigenvalue weighted by Gasteiger charge is -2.33. The molecule has 2 saturated heterocycles. The summed E-state index contributed by atoms with van der Waals surface area (Å²) < 4.78 is 25.0. The van der Waals surface area contributed by atoms with Crippen molar-refractivity contribution in [3.8, 4) is 0 Å². The van der Waals surface area contributed by atoms with Gasteiger partial charge in [0.15, 0.2) is 0 Å². The molecule has 1 aliphatic carbocycles. The van der Waals surface area contributed by atoms with Crippen LogP contribution in [-0.2, 0) is 34.3 Å². The largest absolute Gasteiger partial charge is 0.499 e. The van der Waals surface area contributed by atoms with E-state index >= 15 is 0 Å². The minimum absolute atomic E-state index is 0.0465.